The Bertz CT molecular complexity index is 1310. The fraction of sp³-hybridized carbons (Fsp3) is 0.400. The summed E-state index contributed by atoms with van der Waals surface area (Å²) in [7, 11) is -3.83. The van der Waals surface area contributed by atoms with Crippen molar-refractivity contribution >= 4 is 21.6 Å². The number of carbonyl (C=O) groups excluding carboxylic acids is 1. The Morgan fingerprint density at radius 2 is 1.74 bits per heavy atom. The van der Waals surface area contributed by atoms with Crippen LogP contribution in [0, 0.1) is 5.82 Å². The molecule has 2 aliphatic heterocycles. The second kappa shape index (κ2) is 9.77. The van der Waals surface area contributed by atoms with Crippen LogP contribution in [0.4, 0.5) is 10.1 Å². The summed E-state index contributed by atoms with van der Waals surface area (Å²) in [6.07, 6.45) is 6.40. The first-order chi connectivity index (χ1) is 16.9. The molecular formula is C25H28FN5O3S. The van der Waals surface area contributed by atoms with Gasteiger partial charge in [0.15, 0.2) is 5.82 Å². The second-order valence-corrected chi connectivity index (χ2v) is 10.8. The van der Waals surface area contributed by atoms with E-state index in [4.69, 9.17) is 0 Å². The quantitative estimate of drug-likeness (QED) is 0.558. The predicted molar refractivity (Wildman–Crippen MR) is 129 cm³/mol. The van der Waals surface area contributed by atoms with Crippen LogP contribution in [-0.2, 0) is 34.2 Å². The van der Waals surface area contributed by atoms with Gasteiger partial charge in [0.1, 0.15) is 11.6 Å². The number of anilines is 1. The number of amides is 1. The van der Waals surface area contributed by atoms with E-state index in [9.17, 15) is 17.6 Å². The number of aryl methyl sites for hydroxylation is 1. The van der Waals surface area contributed by atoms with Crippen molar-refractivity contribution in [1.29, 1.82) is 0 Å². The van der Waals surface area contributed by atoms with Gasteiger partial charge in [-0.05, 0) is 67.6 Å². The third-order valence-corrected chi connectivity index (χ3v) is 8.09. The van der Waals surface area contributed by atoms with Gasteiger partial charge in [-0.15, -0.1) is 10.2 Å². The van der Waals surface area contributed by atoms with Crippen LogP contribution in [0.2, 0.25) is 0 Å². The molecule has 184 valence electrons. The Kier molecular flexibility index (Phi) is 6.55. The average molecular weight is 498 g/mol. The van der Waals surface area contributed by atoms with E-state index < -0.39 is 15.8 Å². The fourth-order valence-corrected chi connectivity index (χ4v) is 5.94. The van der Waals surface area contributed by atoms with E-state index in [1.165, 1.54) is 18.6 Å². The molecule has 1 fully saturated rings. The van der Waals surface area contributed by atoms with Gasteiger partial charge in [0, 0.05) is 25.2 Å². The molecule has 2 aliphatic rings. The molecule has 8 nitrogen and oxygen atoms in total. The number of hydrogen-bond donors (Lipinski definition) is 1. The fourth-order valence-electron chi connectivity index (χ4n) is 4.88. The molecule has 0 aliphatic carbocycles. The van der Waals surface area contributed by atoms with Crippen molar-refractivity contribution in [1.82, 2.24) is 19.7 Å². The minimum atomic E-state index is -3.83. The zero-order valence-corrected chi connectivity index (χ0v) is 20.2. The van der Waals surface area contributed by atoms with Crippen LogP contribution in [0.1, 0.15) is 55.4 Å². The van der Waals surface area contributed by atoms with E-state index in [1.807, 2.05) is 4.90 Å². The van der Waals surface area contributed by atoms with Crippen molar-refractivity contribution in [3.05, 3.63) is 71.6 Å². The molecule has 5 rings (SSSR count). The summed E-state index contributed by atoms with van der Waals surface area (Å²) in [5, 5.41) is 8.87. The van der Waals surface area contributed by atoms with Crippen LogP contribution in [0.3, 0.4) is 0 Å². The molecule has 0 radical (unpaired) electrons. The number of hydrogen-bond acceptors (Lipinski definition) is 5. The van der Waals surface area contributed by atoms with Crippen molar-refractivity contribution < 1.29 is 17.6 Å². The van der Waals surface area contributed by atoms with E-state index >= 15 is 0 Å². The largest absolute Gasteiger partial charge is 0.332 e. The van der Waals surface area contributed by atoms with Crippen molar-refractivity contribution in [3.8, 4) is 0 Å². The van der Waals surface area contributed by atoms with Crippen molar-refractivity contribution in [2.24, 2.45) is 0 Å². The van der Waals surface area contributed by atoms with Gasteiger partial charge in [0.25, 0.3) is 10.0 Å². The maximum atomic E-state index is 13.2. The maximum absolute atomic E-state index is 13.2. The SMILES string of the molecule is O=C(Cc1ccc(NS(=O)(=O)c2ccc(F)cc2)cc1)N1CCCC1c1nnc2n1CCCCC2. The summed E-state index contributed by atoms with van der Waals surface area (Å²) in [6, 6.07) is 11.3. The Balaban J connectivity index is 1.25. The topological polar surface area (TPSA) is 97.2 Å². The summed E-state index contributed by atoms with van der Waals surface area (Å²) >= 11 is 0. The van der Waals surface area contributed by atoms with Crippen molar-refractivity contribution in [2.75, 3.05) is 11.3 Å². The van der Waals surface area contributed by atoms with Gasteiger partial charge in [-0.25, -0.2) is 12.8 Å². The molecular weight excluding hydrogens is 469 g/mol. The van der Waals surface area contributed by atoms with Gasteiger partial charge >= 0.3 is 0 Å². The molecule has 1 atom stereocenters. The summed E-state index contributed by atoms with van der Waals surface area (Å²) < 4.78 is 42.8. The van der Waals surface area contributed by atoms with Gasteiger partial charge in [0.05, 0.1) is 17.4 Å². The normalized spacial score (nSPS) is 18.2. The standard InChI is InChI=1S/C25H28FN5O3S/c26-19-9-13-21(14-10-19)35(33,34)29-20-11-7-18(8-12-20)17-24(32)30-16-4-5-22(30)25-28-27-23-6-2-1-3-15-31(23)25/h7-14,22,29H,1-6,15-17H2. The number of nitrogens with zero attached hydrogens (tertiary/aromatic N) is 4. The van der Waals surface area contributed by atoms with E-state index in [2.05, 4.69) is 19.5 Å². The maximum Gasteiger partial charge on any atom is 0.261 e. The van der Waals surface area contributed by atoms with Gasteiger partial charge in [-0.3, -0.25) is 9.52 Å². The molecule has 1 aromatic heterocycles. The zero-order valence-electron chi connectivity index (χ0n) is 19.4. The van der Waals surface area contributed by atoms with E-state index in [1.54, 1.807) is 24.3 Å². The third kappa shape index (κ3) is 5.07. The number of halogens is 1. The van der Waals surface area contributed by atoms with Gasteiger partial charge < -0.3 is 9.47 Å². The molecule has 10 heteroatoms. The minimum Gasteiger partial charge on any atom is -0.332 e. The minimum absolute atomic E-state index is 0.0235. The molecule has 35 heavy (non-hydrogen) atoms. The number of nitrogens with one attached hydrogen (secondary N) is 1. The Hall–Kier alpha value is -3.27. The lowest BCUT2D eigenvalue weighted by Gasteiger charge is -2.25. The van der Waals surface area contributed by atoms with Crippen LogP contribution in [0.15, 0.2) is 53.4 Å². The highest BCUT2D eigenvalue weighted by molar-refractivity contribution is 7.92. The van der Waals surface area contributed by atoms with E-state index in [0.29, 0.717) is 12.2 Å². The molecule has 3 heterocycles. The molecule has 1 unspecified atom stereocenters. The molecule has 1 amide bonds. The van der Waals surface area contributed by atoms with Gasteiger partial charge in [0.2, 0.25) is 5.91 Å². The molecule has 2 aromatic carbocycles. The van der Waals surface area contributed by atoms with Gasteiger partial charge in [-0.2, -0.15) is 0 Å². The lowest BCUT2D eigenvalue weighted by molar-refractivity contribution is -0.131. The van der Waals surface area contributed by atoms with Crippen LogP contribution >= 0.6 is 0 Å². The number of benzene rings is 2. The number of rotatable bonds is 6. The van der Waals surface area contributed by atoms with Crippen LogP contribution in [0.25, 0.3) is 0 Å². The number of fused-ring (bicyclic) bond motifs is 1. The lowest BCUT2D eigenvalue weighted by atomic mass is 10.1. The molecule has 0 saturated carbocycles. The van der Waals surface area contributed by atoms with Crippen molar-refractivity contribution in [2.45, 2.75) is 62.4 Å². The van der Waals surface area contributed by atoms with E-state index in [0.717, 1.165) is 68.0 Å². The zero-order chi connectivity index (χ0) is 24.4. The number of carbonyl (C=O) groups is 1. The summed E-state index contributed by atoms with van der Waals surface area (Å²) in [4.78, 5) is 15.1. The van der Waals surface area contributed by atoms with Crippen LogP contribution in [0.5, 0.6) is 0 Å². The first-order valence-corrected chi connectivity index (χ1v) is 13.5. The lowest BCUT2D eigenvalue weighted by Crippen LogP contribution is -2.33. The van der Waals surface area contributed by atoms with Gasteiger partial charge in [-0.1, -0.05) is 18.6 Å². The highest BCUT2D eigenvalue weighted by Crippen LogP contribution is 2.33. The highest BCUT2D eigenvalue weighted by Gasteiger charge is 2.34. The first-order valence-electron chi connectivity index (χ1n) is 12.0. The van der Waals surface area contributed by atoms with Crippen LogP contribution < -0.4 is 4.72 Å². The molecule has 0 bridgehead atoms. The molecule has 1 N–H and O–H groups in total. The summed E-state index contributed by atoms with van der Waals surface area (Å²) in [5.41, 5.74) is 1.17. The van der Waals surface area contributed by atoms with Crippen molar-refractivity contribution in [3.63, 3.8) is 0 Å². The smallest absolute Gasteiger partial charge is 0.261 e. The predicted octanol–water partition coefficient (Wildman–Crippen LogP) is 3.85. The number of sulfonamides is 1. The molecule has 3 aromatic rings. The first kappa shape index (κ1) is 23.5. The Morgan fingerprint density at radius 3 is 2.51 bits per heavy atom. The summed E-state index contributed by atoms with van der Waals surface area (Å²) in [5.74, 6) is 1.45. The number of aromatic nitrogens is 3. The summed E-state index contributed by atoms with van der Waals surface area (Å²) in [6.45, 7) is 1.60. The average Bonchev–Trinajstić information content (AvgIpc) is 3.41. The molecule has 0 spiro atoms. The highest BCUT2D eigenvalue weighted by atomic mass is 32.2. The van der Waals surface area contributed by atoms with E-state index in [-0.39, 0.29) is 23.3 Å². The third-order valence-electron chi connectivity index (χ3n) is 6.69. The molecule has 1 saturated heterocycles. The Labute approximate surface area is 204 Å². The van der Waals surface area contributed by atoms with Crippen LogP contribution in [-0.4, -0.2) is 40.5 Å². The Morgan fingerprint density at radius 1 is 0.971 bits per heavy atom. The number of likely N-dealkylation sites (tertiary alicyclic amines) is 1. The monoisotopic (exact) mass is 497 g/mol. The second-order valence-electron chi connectivity index (χ2n) is 9.12.